The summed E-state index contributed by atoms with van der Waals surface area (Å²) < 4.78 is 65.9. The van der Waals surface area contributed by atoms with Crippen molar-refractivity contribution in [3.63, 3.8) is 0 Å². The number of para-hydroxylation sites is 2. The van der Waals surface area contributed by atoms with E-state index in [0.29, 0.717) is 11.5 Å². The van der Waals surface area contributed by atoms with Crippen LogP contribution in [-0.2, 0) is 29.0 Å². The zero-order valence-corrected chi connectivity index (χ0v) is 14.1. The van der Waals surface area contributed by atoms with Crippen LogP contribution in [0.2, 0.25) is 0 Å². The molecule has 0 aromatic heterocycles. The van der Waals surface area contributed by atoms with Crippen molar-refractivity contribution in [2.75, 3.05) is 27.4 Å². The number of rotatable bonds is 10. The molecule has 0 saturated carbocycles. The van der Waals surface area contributed by atoms with Crippen LogP contribution in [0.25, 0.3) is 0 Å². The second-order valence-corrected chi connectivity index (χ2v) is 6.85. The monoisotopic (exact) mass is 370 g/mol. The molecule has 0 fully saturated rings. The van der Waals surface area contributed by atoms with Gasteiger partial charge in [-0.1, -0.05) is 12.1 Å². The van der Waals surface area contributed by atoms with E-state index in [1.165, 1.54) is 7.11 Å². The minimum absolute atomic E-state index is 0.320. The quantitative estimate of drug-likeness (QED) is 0.542. The van der Waals surface area contributed by atoms with Crippen molar-refractivity contribution in [3.05, 3.63) is 24.3 Å². The van der Waals surface area contributed by atoms with Crippen LogP contribution >= 0.6 is 0 Å². The summed E-state index contributed by atoms with van der Waals surface area (Å²) in [5, 5.41) is 4.70. The van der Waals surface area contributed by atoms with Gasteiger partial charge >= 0.3 is 20.6 Å². The van der Waals surface area contributed by atoms with Gasteiger partial charge in [-0.3, -0.25) is 4.18 Å². The molecule has 0 bridgehead atoms. The number of benzene rings is 1. The van der Waals surface area contributed by atoms with Crippen molar-refractivity contribution < 1.29 is 34.7 Å². The first-order valence-electron chi connectivity index (χ1n) is 6.21. The maximum Gasteiger partial charge on any atom is 0.336 e. The second-order valence-electron chi connectivity index (χ2n) is 4.12. The van der Waals surface area contributed by atoms with Crippen LogP contribution in [0.15, 0.2) is 24.3 Å². The third kappa shape index (κ3) is 7.58. The molecule has 3 N–H and O–H groups in total. The SMILES string of the molecule is CNS(=O)(=O)OC(COc1ccccc1OC)COS(N)(=O)=O. The van der Waals surface area contributed by atoms with Crippen LogP contribution < -0.4 is 19.3 Å². The summed E-state index contributed by atoms with van der Waals surface area (Å²) in [6.45, 7) is -0.967. The standard InChI is InChI=1S/C11H18N2O8S2/c1-13-23(16,17)21-9(8-20-22(12,14)15)7-19-11-6-4-3-5-10(11)18-2/h3-6,9,13H,7-8H2,1-2H3,(H2,12,14,15). The normalized spacial score (nSPS) is 13.5. The molecule has 0 radical (unpaired) electrons. The molecular weight excluding hydrogens is 352 g/mol. The molecule has 12 heteroatoms. The topological polar surface area (TPSA) is 143 Å². The summed E-state index contributed by atoms with van der Waals surface area (Å²) in [6.07, 6.45) is -1.25. The fourth-order valence-electron chi connectivity index (χ4n) is 1.42. The Labute approximate surface area is 135 Å². The second kappa shape index (κ2) is 8.42. The molecule has 1 rings (SSSR count). The lowest BCUT2D eigenvalue weighted by atomic mass is 10.3. The molecule has 0 saturated heterocycles. The summed E-state index contributed by atoms with van der Waals surface area (Å²) in [4.78, 5) is 0. The maximum absolute atomic E-state index is 11.4. The molecule has 23 heavy (non-hydrogen) atoms. The molecule has 1 aromatic carbocycles. The van der Waals surface area contributed by atoms with Gasteiger partial charge in [0, 0.05) is 7.05 Å². The van der Waals surface area contributed by atoms with Crippen molar-refractivity contribution in [2.24, 2.45) is 5.14 Å². The van der Waals surface area contributed by atoms with Gasteiger partial charge in [-0.25, -0.2) is 9.32 Å². The number of hydrogen-bond donors (Lipinski definition) is 2. The summed E-state index contributed by atoms with van der Waals surface area (Å²) in [5.74, 6) is 0.733. The third-order valence-electron chi connectivity index (χ3n) is 2.42. The molecule has 0 heterocycles. The Morgan fingerprint density at radius 1 is 1.13 bits per heavy atom. The van der Waals surface area contributed by atoms with Gasteiger partial charge in [0.2, 0.25) is 0 Å². The van der Waals surface area contributed by atoms with Crippen molar-refractivity contribution in [2.45, 2.75) is 6.10 Å². The molecule has 0 amide bonds. The molecule has 132 valence electrons. The lowest BCUT2D eigenvalue weighted by Gasteiger charge is -2.18. The lowest BCUT2D eigenvalue weighted by Crippen LogP contribution is -2.35. The van der Waals surface area contributed by atoms with Crippen LogP contribution in [0.4, 0.5) is 0 Å². The molecule has 0 aliphatic heterocycles. The molecular formula is C11H18N2O8S2. The van der Waals surface area contributed by atoms with E-state index in [1.54, 1.807) is 24.3 Å². The zero-order chi connectivity index (χ0) is 17.5. The van der Waals surface area contributed by atoms with E-state index >= 15 is 0 Å². The van der Waals surface area contributed by atoms with Crippen molar-refractivity contribution in [1.82, 2.24) is 4.72 Å². The average Bonchev–Trinajstić information content (AvgIpc) is 2.49. The molecule has 1 aromatic rings. The Kier molecular flexibility index (Phi) is 7.18. The number of methoxy groups -OCH3 is 1. The van der Waals surface area contributed by atoms with Crippen molar-refractivity contribution in [3.8, 4) is 11.5 Å². The van der Waals surface area contributed by atoms with Gasteiger partial charge in [-0.15, -0.1) is 0 Å². The number of nitrogens with one attached hydrogen (secondary N) is 1. The Balaban J connectivity index is 2.79. The fraction of sp³-hybridized carbons (Fsp3) is 0.455. The van der Waals surface area contributed by atoms with Crippen LogP contribution in [0.3, 0.4) is 0 Å². The lowest BCUT2D eigenvalue weighted by molar-refractivity contribution is 0.0861. The Bertz CT molecular complexity index is 704. The van der Waals surface area contributed by atoms with E-state index in [9.17, 15) is 16.8 Å². The highest BCUT2D eigenvalue weighted by Gasteiger charge is 2.22. The highest BCUT2D eigenvalue weighted by Crippen LogP contribution is 2.26. The minimum Gasteiger partial charge on any atom is -0.493 e. The van der Waals surface area contributed by atoms with E-state index in [0.717, 1.165) is 7.05 Å². The Morgan fingerprint density at radius 3 is 2.26 bits per heavy atom. The van der Waals surface area contributed by atoms with Gasteiger partial charge in [0.25, 0.3) is 0 Å². The predicted octanol–water partition coefficient (Wildman–Crippen LogP) is -0.856. The number of ether oxygens (including phenoxy) is 2. The van der Waals surface area contributed by atoms with E-state index in [4.69, 9.17) is 18.8 Å². The summed E-state index contributed by atoms with van der Waals surface area (Å²) in [5.41, 5.74) is 0. The largest absolute Gasteiger partial charge is 0.493 e. The first-order chi connectivity index (χ1) is 10.7. The van der Waals surface area contributed by atoms with Crippen LogP contribution in [0.1, 0.15) is 0 Å². The van der Waals surface area contributed by atoms with E-state index in [1.807, 2.05) is 4.72 Å². The van der Waals surface area contributed by atoms with Crippen molar-refractivity contribution >= 4 is 20.6 Å². The average molecular weight is 370 g/mol. The van der Waals surface area contributed by atoms with Crippen LogP contribution in [0.5, 0.6) is 11.5 Å². The van der Waals surface area contributed by atoms with Gasteiger partial charge < -0.3 is 9.47 Å². The minimum atomic E-state index is -4.25. The first kappa shape index (κ1) is 19.6. The predicted molar refractivity (Wildman–Crippen MR) is 80.4 cm³/mol. The number of hydrogen-bond acceptors (Lipinski definition) is 8. The summed E-state index contributed by atoms with van der Waals surface area (Å²) >= 11 is 0. The molecule has 1 unspecified atom stereocenters. The highest BCUT2D eigenvalue weighted by atomic mass is 32.2. The van der Waals surface area contributed by atoms with Gasteiger partial charge in [0.15, 0.2) is 11.5 Å². The first-order valence-corrected chi connectivity index (χ1v) is 9.09. The molecule has 0 spiro atoms. The Hall–Kier alpha value is -1.44. The summed E-state index contributed by atoms with van der Waals surface area (Å²) in [6, 6.07) is 6.62. The van der Waals surface area contributed by atoms with Gasteiger partial charge in [0.05, 0.1) is 13.7 Å². The maximum atomic E-state index is 11.4. The zero-order valence-electron chi connectivity index (χ0n) is 12.5. The molecule has 0 aliphatic carbocycles. The summed E-state index contributed by atoms with van der Waals surface area (Å²) in [7, 11) is -5.77. The smallest absolute Gasteiger partial charge is 0.336 e. The number of nitrogens with two attached hydrogens (primary N) is 1. The van der Waals surface area contributed by atoms with Gasteiger partial charge in [-0.05, 0) is 12.1 Å². The van der Waals surface area contributed by atoms with E-state index in [-0.39, 0.29) is 6.61 Å². The molecule has 0 aliphatic rings. The van der Waals surface area contributed by atoms with Gasteiger partial charge in [-0.2, -0.15) is 21.6 Å². The molecule has 10 nitrogen and oxygen atoms in total. The third-order valence-corrected chi connectivity index (χ3v) is 3.91. The van der Waals surface area contributed by atoms with Crippen LogP contribution in [0, 0.1) is 0 Å². The van der Waals surface area contributed by atoms with E-state index < -0.39 is 33.3 Å². The molecule has 1 atom stereocenters. The van der Waals surface area contributed by atoms with Crippen LogP contribution in [-0.4, -0.2) is 50.3 Å². The van der Waals surface area contributed by atoms with E-state index in [2.05, 4.69) is 4.18 Å². The Morgan fingerprint density at radius 2 is 1.74 bits per heavy atom. The van der Waals surface area contributed by atoms with Gasteiger partial charge in [0.1, 0.15) is 12.7 Å². The highest BCUT2D eigenvalue weighted by molar-refractivity contribution is 7.84. The van der Waals surface area contributed by atoms with Crippen molar-refractivity contribution in [1.29, 1.82) is 0 Å². The fourth-order valence-corrected chi connectivity index (χ4v) is 2.33.